The summed E-state index contributed by atoms with van der Waals surface area (Å²) in [5.41, 5.74) is 0. The van der Waals surface area contributed by atoms with E-state index >= 15 is 0 Å². The molecule has 1 heterocycles. The van der Waals surface area contributed by atoms with E-state index in [1.165, 1.54) is 0 Å². The largest absolute Gasteiger partial charge is 0.376 e. The van der Waals surface area contributed by atoms with Gasteiger partial charge in [-0.25, -0.2) is 0 Å². The monoisotopic (exact) mass is 195 g/mol. The lowest BCUT2D eigenvalue weighted by Crippen LogP contribution is -2.44. The second-order valence-corrected chi connectivity index (χ2v) is 2.32. The van der Waals surface area contributed by atoms with Crippen LogP contribution in [0.4, 0.5) is 0 Å². The highest BCUT2D eigenvalue weighted by atomic mass is 79.9. The van der Waals surface area contributed by atoms with Crippen molar-refractivity contribution in [2.45, 2.75) is 26.0 Å². The number of ether oxygens (including phenoxy) is 1. The van der Waals surface area contributed by atoms with E-state index in [1.54, 1.807) is 0 Å². The Bertz CT molecular complexity index is 69.5. The third-order valence-electron chi connectivity index (χ3n) is 1.65. The van der Waals surface area contributed by atoms with Crippen molar-refractivity contribution in [3.63, 3.8) is 0 Å². The molecule has 3 heteroatoms. The predicted octanol–water partition coefficient (Wildman–Crippen LogP) is 0.961. The fourth-order valence-corrected chi connectivity index (χ4v) is 0.842. The number of rotatable bonds is 0. The molecule has 1 saturated heterocycles. The molecule has 1 rings (SSSR count). The van der Waals surface area contributed by atoms with Crippen LogP contribution >= 0.6 is 17.0 Å². The zero-order valence-electron chi connectivity index (χ0n) is 5.89. The van der Waals surface area contributed by atoms with E-state index in [0.717, 1.165) is 13.2 Å². The Morgan fingerprint density at radius 2 is 2.11 bits per heavy atom. The van der Waals surface area contributed by atoms with Gasteiger partial charge in [-0.05, 0) is 13.8 Å². The van der Waals surface area contributed by atoms with Crippen molar-refractivity contribution in [2.75, 3.05) is 13.2 Å². The molecule has 0 saturated carbocycles. The molecule has 56 valence electrons. The van der Waals surface area contributed by atoms with Crippen LogP contribution in [0.2, 0.25) is 0 Å². The van der Waals surface area contributed by atoms with Crippen molar-refractivity contribution < 1.29 is 4.74 Å². The first-order valence-corrected chi connectivity index (χ1v) is 3.15. The summed E-state index contributed by atoms with van der Waals surface area (Å²) in [6, 6.07) is 0.531. The molecule has 1 aliphatic heterocycles. The lowest BCUT2D eigenvalue weighted by Gasteiger charge is -2.26. The van der Waals surface area contributed by atoms with Crippen LogP contribution in [0.1, 0.15) is 13.8 Å². The maximum absolute atomic E-state index is 5.33. The fourth-order valence-electron chi connectivity index (χ4n) is 0.842. The van der Waals surface area contributed by atoms with Gasteiger partial charge in [0, 0.05) is 12.6 Å². The summed E-state index contributed by atoms with van der Waals surface area (Å²) in [4.78, 5) is 0. The fraction of sp³-hybridized carbons (Fsp3) is 1.00. The second-order valence-electron chi connectivity index (χ2n) is 2.32. The highest BCUT2D eigenvalue weighted by Gasteiger charge is 2.15. The summed E-state index contributed by atoms with van der Waals surface area (Å²) >= 11 is 0. The zero-order chi connectivity index (χ0) is 5.98. The summed E-state index contributed by atoms with van der Waals surface area (Å²) in [6.45, 7) is 6.11. The molecule has 0 aromatic rings. The van der Waals surface area contributed by atoms with Crippen LogP contribution in [-0.4, -0.2) is 25.3 Å². The lowest BCUT2D eigenvalue weighted by molar-refractivity contribution is 0.0135. The zero-order valence-corrected chi connectivity index (χ0v) is 7.60. The SMILES string of the molecule is Br.CC1NCCO[C@H]1C. The molecule has 9 heavy (non-hydrogen) atoms. The molecule has 0 aliphatic carbocycles. The van der Waals surface area contributed by atoms with Crippen LogP contribution in [0.5, 0.6) is 0 Å². The number of nitrogens with one attached hydrogen (secondary N) is 1. The third-order valence-corrected chi connectivity index (χ3v) is 1.65. The Balaban J connectivity index is 0.000000640. The predicted molar refractivity (Wildman–Crippen MR) is 43.2 cm³/mol. The molecule has 2 nitrogen and oxygen atoms in total. The van der Waals surface area contributed by atoms with Gasteiger partial charge in [0.15, 0.2) is 0 Å². The van der Waals surface area contributed by atoms with Gasteiger partial charge in [0.05, 0.1) is 12.7 Å². The van der Waals surface area contributed by atoms with E-state index in [1.807, 2.05) is 0 Å². The quantitative estimate of drug-likeness (QED) is 0.623. The van der Waals surface area contributed by atoms with Gasteiger partial charge in [0.25, 0.3) is 0 Å². The lowest BCUT2D eigenvalue weighted by atomic mass is 10.2. The standard InChI is InChI=1S/C6H13NO.BrH/c1-5-6(2)8-4-3-7-5;/h5-7H,3-4H2,1-2H3;1H/t5?,6-;/m0./s1. The summed E-state index contributed by atoms with van der Waals surface area (Å²) < 4.78 is 5.33. The topological polar surface area (TPSA) is 21.3 Å². The van der Waals surface area contributed by atoms with E-state index in [9.17, 15) is 0 Å². The molecule has 0 aromatic carbocycles. The summed E-state index contributed by atoms with van der Waals surface area (Å²) in [6.07, 6.45) is 0.392. The molecule has 2 atom stereocenters. The van der Waals surface area contributed by atoms with Gasteiger partial charge < -0.3 is 10.1 Å². The minimum absolute atomic E-state index is 0. The average Bonchev–Trinajstić information content (AvgIpc) is 1.77. The van der Waals surface area contributed by atoms with Crippen molar-refractivity contribution >= 4 is 17.0 Å². The average molecular weight is 196 g/mol. The van der Waals surface area contributed by atoms with Gasteiger partial charge in [0.2, 0.25) is 0 Å². The molecule has 0 spiro atoms. The number of halogens is 1. The number of hydrogen-bond acceptors (Lipinski definition) is 2. The van der Waals surface area contributed by atoms with Crippen LogP contribution in [0.25, 0.3) is 0 Å². The Morgan fingerprint density at radius 3 is 2.44 bits per heavy atom. The molecule has 1 N–H and O–H groups in total. The number of hydrogen-bond donors (Lipinski definition) is 1. The highest BCUT2D eigenvalue weighted by Crippen LogP contribution is 2.00. The minimum atomic E-state index is 0. The van der Waals surface area contributed by atoms with Gasteiger partial charge in [-0.2, -0.15) is 0 Å². The Hall–Kier alpha value is 0.400. The smallest absolute Gasteiger partial charge is 0.0697 e. The minimum Gasteiger partial charge on any atom is -0.376 e. The van der Waals surface area contributed by atoms with Gasteiger partial charge >= 0.3 is 0 Å². The van der Waals surface area contributed by atoms with E-state index in [0.29, 0.717) is 12.1 Å². The van der Waals surface area contributed by atoms with Crippen LogP contribution in [0.15, 0.2) is 0 Å². The maximum atomic E-state index is 5.33. The molecule has 1 aliphatic rings. The second kappa shape index (κ2) is 4.25. The molecule has 1 unspecified atom stereocenters. The van der Waals surface area contributed by atoms with Crippen molar-refractivity contribution in [3.8, 4) is 0 Å². The van der Waals surface area contributed by atoms with Gasteiger partial charge in [-0.3, -0.25) is 0 Å². The Labute approximate surface area is 66.7 Å². The maximum Gasteiger partial charge on any atom is 0.0697 e. The van der Waals surface area contributed by atoms with Crippen LogP contribution < -0.4 is 5.32 Å². The third kappa shape index (κ3) is 2.65. The Morgan fingerprint density at radius 1 is 1.44 bits per heavy atom. The summed E-state index contributed by atoms with van der Waals surface area (Å²) in [5.74, 6) is 0. The van der Waals surface area contributed by atoms with Gasteiger partial charge in [-0.15, -0.1) is 17.0 Å². The van der Waals surface area contributed by atoms with Gasteiger partial charge in [0.1, 0.15) is 0 Å². The van der Waals surface area contributed by atoms with Crippen molar-refractivity contribution in [2.24, 2.45) is 0 Å². The number of morpholine rings is 1. The molecular formula is C6H14BrNO. The molecule has 1 fully saturated rings. The highest BCUT2D eigenvalue weighted by molar-refractivity contribution is 8.93. The summed E-state index contributed by atoms with van der Waals surface area (Å²) in [7, 11) is 0. The molecule has 0 radical (unpaired) electrons. The van der Waals surface area contributed by atoms with Crippen LogP contribution in [-0.2, 0) is 4.74 Å². The normalized spacial score (nSPS) is 35.3. The van der Waals surface area contributed by atoms with E-state index in [4.69, 9.17) is 4.74 Å². The van der Waals surface area contributed by atoms with E-state index in [2.05, 4.69) is 19.2 Å². The first-order valence-electron chi connectivity index (χ1n) is 3.15. The van der Waals surface area contributed by atoms with E-state index in [-0.39, 0.29) is 17.0 Å². The molecule has 0 amide bonds. The van der Waals surface area contributed by atoms with E-state index < -0.39 is 0 Å². The van der Waals surface area contributed by atoms with Crippen molar-refractivity contribution in [3.05, 3.63) is 0 Å². The first-order chi connectivity index (χ1) is 3.80. The van der Waals surface area contributed by atoms with Gasteiger partial charge in [-0.1, -0.05) is 0 Å². The van der Waals surface area contributed by atoms with Crippen molar-refractivity contribution in [1.29, 1.82) is 0 Å². The van der Waals surface area contributed by atoms with Crippen molar-refractivity contribution in [1.82, 2.24) is 5.32 Å². The first kappa shape index (κ1) is 9.40. The molecular weight excluding hydrogens is 182 g/mol. The van der Waals surface area contributed by atoms with Crippen LogP contribution in [0, 0.1) is 0 Å². The summed E-state index contributed by atoms with van der Waals surface area (Å²) in [5, 5.41) is 3.31. The Kier molecular flexibility index (Phi) is 4.44. The van der Waals surface area contributed by atoms with Crippen LogP contribution in [0.3, 0.4) is 0 Å². The molecule has 0 bridgehead atoms. The molecule has 0 aromatic heterocycles.